The minimum Gasteiger partial charge on any atom is -0.335 e. The summed E-state index contributed by atoms with van der Waals surface area (Å²) in [6.07, 6.45) is 1.64. The zero-order valence-electron chi connectivity index (χ0n) is 16.1. The van der Waals surface area contributed by atoms with Gasteiger partial charge in [0, 0.05) is 25.7 Å². The van der Waals surface area contributed by atoms with E-state index < -0.39 is 45.9 Å². The third-order valence-corrected chi connectivity index (χ3v) is 7.91. The largest absolute Gasteiger partial charge is 0.335 e. The van der Waals surface area contributed by atoms with E-state index in [1.54, 1.807) is 0 Å². The number of rotatable bonds is 5. The molecule has 160 valence electrons. The summed E-state index contributed by atoms with van der Waals surface area (Å²) in [6, 6.07) is 4.02. The van der Waals surface area contributed by atoms with E-state index in [0.717, 1.165) is 22.9 Å². The Hall–Kier alpha value is -2.55. The van der Waals surface area contributed by atoms with E-state index in [0.29, 0.717) is 19.4 Å². The van der Waals surface area contributed by atoms with Gasteiger partial charge in [0.05, 0.1) is 11.0 Å². The van der Waals surface area contributed by atoms with Gasteiger partial charge in [0.2, 0.25) is 21.8 Å². The molecule has 0 saturated carbocycles. The summed E-state index contributed by atoms with van der Waals surface area (Å²) in [7, 11) is -4.01. The average molecular weight is 435 g/mol. The molecule has 0 aliphatic carbocycles. The number of nitriles is 1. The van der Waals surface area contributed by atoms with Crippen LogP contribution in [0.25, 0.3) is 0 Å². The zero-order valence-corrected chi connectivity index (χ0v) is 17.0. The summed E-state index contributed by atoms with van der Waals surface area (Å²) < 4.78 is 40.3. The Labute approximate surface area is 173 Å². The Kier molecular flexibility index (Phi) is 5.25. The molecular formula is C19H22FN5O4S. The minimum absolute atomic E-state index is 0.0265. The first-order valence-corrected chi connectivity index (χ1v) is 11.2. The maximum absolute atomic E-state index is 13.5. The minimum atomic E-state index is -4.01. The first kappa shape index (κ1) is 20.7. The molecule has 2 N–H and O–H groups in total. The van der Waals surface area contributed by atoms with Crippen LogP contribution in [0.3, 0.4) is 0 Å². The van der Waals surface area contributed by atoms with Crippen LogP contribution in [0.5, 0.6) is 0 Å². The Balaban J connectivity index is 1.45. The second-order valence-electron chi connectivity index (χ2n) is 7.85. The maximum atomic E-state index is 13.5. The summed E-state index contributed by atoms with van der Waals surface area (Å²) in [5.41, 5.74) is 6.05. The smallest absolute Gasteiger partial charge is 0.243 e. The van der Waals surface area contributed by atoms with Crippen molar-refractivity contribution in [1.29, 1.82) is 5.26 Å². The molecule has 9 nitrogen and oxygen atoms in total. The fourth-order valence-electron chi connectivity index (χ4n) is 4.54. The van der Waals surface area contributed by atoms with Crippen molar-refractivity contribution in [2.45, 2.75) is 48.3 Å². The van der Waals surface area contributed by atoms with Crippen molar-refractivity contribution in [2.24, 2.45) is 5.73 Å². The normalized spacial score (nSPS) is 27.5. The number of nitrogens with two attached hydrogens (primary N) is 1. The molecule has 2 bridgehead atoms. The second kappa shape index (κ2) is 7.61. The Morgan fingerprint density at radius 1 is 1.40 bits per heavy atom. The fraction of sp³-hybridized carbons (Fsp3) is 0.526. The number of hydrogen-bond acceptors (Lipinski definition) is 6. The SMILES string of the molecule is N#CC1CCCN1C(=O)C(N)CN1C(=O)[C@@H]2C[C@H]1CN2S(=O)(=O)c1cccc(F)c1. The van der Waals surface area contributed by atoms with Gasteiger partial charge in [-0.1, -0.05) is 6.07 Å². The summed E-state index contributed by atoms with van der Waals surface area (Å²) in [5, 5.41) is 9.16. The third kappa shape index (κ3) is 3.34. The molecule has 30 heavy (non-hydrogen) atoms. The number of amides is 2. The third-order valence-electron chi connectivity index (χ3n) is 6.04. The molecule has 3 heterocycles. The summed E-state index contributed by atoms with van der Waals surface area (Å²) in [6.45, 7) is 0.506. The number of likely N-dealkylation sites (tertiary alicyclic amines) is 2. The van der Waals surface area contributed by atoms with Crippen LogP contribution in [0.4, 0.5) is 4.39 Å². The molecule has 4 rings (SSSR count). The van der Waals surface area contributed by atoms with Crippen molar-refractivity contribution in [3.63, 3.8) is 0 Å². The first-order chi connectivity index (χ1) is 14.2. The number of sulfonamides is 1. The van der Waals surface area contributed by atoms with E-state index in [-0.39, 0.29) is 23.9 Å². The number of carbonyl (C=O) groups excluding carboxylic acids is 2. The van der Waals surface area contributed by atoms with Gasteiger partial charge in [-0.05, 0) is 37.5 Å². The highest BCUT2D eigenvalue weighted by molar-refractivity contribution is 7.89. The summed E-state index contributed by atoms with van der Waals surface area (Å²) in [5.74, 6) is -1.46. The van der Waals surface area contributed by atoms with Gasteiger partial charge in [0.15, 0.2) is 0 Å². The van der Waals surface area contributed by atoms with Crippen LogP contribution in [-0.4, -0.2) is 78.1 Å². The molecule has 2 amide bonds. The molecule has 3 aliphatic heterocycles. The number of piperazine rings is 1. The lowest BCUT2D eigenvalue weighted by molar-refractivity contribution is -0.137. The predicted octanol–water partition coefficient (Wildman–Crippen LogP) is -0.359. The lowest BCUT2D eigenvalue weighted by atomic mass is 10.2. The highest BCUT2D eigenvalue weighted by Crippen LogP contribution is 2.36. The predicted molar refractivity (Wildman–Crippen MR) is 103 cm³/mol. The molecule has 1 aromatic rings. The van der Waals surface area contributed by atoms with Crippen LogP contribution < -0.4 is 5.73 Å². The Morgan fingerprint density at radius 3 is 2.83 bits per heavy atom. The summed E-state index contributed by atoms with van der Waals surface area (Å²) in [4.78, 5) is 28.2. The number of nitrogens with zero attached hydrogens (tertiary/aromatic N) is 4. The van der Waals surface area contributed by atoms with Gasteiger partial charge in [0.25, 0.3) is 0 Å². The molecular weight excluding hydrogens is 413 g/mol. The van der Waals surface area contributed by atoms with Crippen molar-refractivity contribution in [3.8, 4) is 6.07 Å². The van der Waals surface area contributed by atoms with E-state index >= 15 is 0 Å². The van der Waals surface area contributed by atoms with E-state index in [9.17, 15) is 22.4 Å². The van der Waals surface area contributed by atoms with Gasteiger partial charge >= 0.3 is 0 Å². The van der Waals surface area contributed by atoms with E-state index in [1.165, 1.54) is 21.9 Å². The van der Waals surface area contributed by atoms with Crippen LogP contribution in [0.2, 0.25) is 0 Å². The second-order valence-corrected chi connectivity index (χ2v) is 9.74. The Bertz CT molecular complexity index is 1030. The number of carbonyl (C=O) groups is 2. The maximum Gasteiger partial charge on any atom is 0.243 e. The van der Waals surface area contributed by atoms with E-state index in [2.05, 4.69) is 6.07 Å². The van der Waals surface area contributed by atoms with Gasteiger partial charge in [-0.2, -0.15) is 9.57 Å². The van der Waals surface area contributed by atoms with Crippen molar-refractivity contribution < 1.29 is 22.4 Å². The molecule has 2 unspecified atom stereocenters. The van der Waals surface area contributed by atoms with E-state index in [4.69, 9.17) is 11.0 Å². The first-order valence-electron chi connectivity index (χ1n) is 9.77. The van der Waals surface area contributed by atoms with Gasteiger partial charge in [-0.15, -0.1) is 0 Å². The molecule has 1 aromatic carbocycles. The topological polar surface area (TPSA) is 128 Å². The fourth-order valence-corrected chi connectivity index (χ4v) is 6.20. The van der Waals surface area contributed by atoms with Crippen molar-refractivity contribution in [1.82, 2.24) is 14.1 Å². The number of benzene rings is 1. The van der Waals surface area contributed by atoms with Crippen molar-refractivity contribution in [2.75, 3.05) is 19.6 Å². The number of fused-ring (bicyclic) bond motifs is 2. The lowest BCUT2D eigenvalue weighted by Gasteiger charge is -2.35. The zero-order chi connectivity index (χ0) is 21.6. The number of hydrogen-bond donors (Lipinski definition) is 1. The molecule has 3 fully saturated rings. The lowest BCUT2D eigenvalue weighted by Crippen LogP contribution is -2.57. The number of halogens is 1. The quantitative estimate of drug-likeness (QED) is 0.673. The van der Waals surface area contributed by atoms with Gasteiger partial charge in [-0.3, -0.25) is 9.59 Å². The molecule has 3 saturated heterocycles. The molecule has 11 heteroatoms. The molecule has 3 aliphatic rings. The highest BCUT2D eigenvalue weighted by Gasteiger charge is 2.54. The molecule has 4 atom stereocenters. The van der Waals surface area contributed by atoms with Gasteiger partial charge < -0.3 is 15.5 Å². The van der Waals surface area contributed by atoms with Gasteiger partial charge in [0.1, 0.15) is 23.9 Å². The van der Waals surface area contributed by atoms with Crippen LogP contribution >= 0.6 is 0 Å². The van der Waals surface area contributed by atoms with Crippen LogP contribution in [0.15, 0.2) is 29.2 Å². The van der Waals surface area contributed by atoms with Crippen LogP contribution in [-0.2, 0) is 19.6 Å². The van der Waals surface area contributed by atoms with Crippen molar-refractivity contribution in [3.05, 3.63) is 30.1 Å². The van der Waals surface area contributed by atoms with Gasteiger partial charge in [-0.25, -0.2) is 12.8 Å². The van der Waals surface area contributed by atoms with E-state index in [1.807, 2.05) is 0 Å². The summed E-state index contributed by atoms with van der Waals surface area (Å²) >= 11 is 0. The van der Waals surface area contributed by atoms with Crippen LogP contribution in [0.1, 0.15) is 19.3 Å². The highest BCUT2D eigenvalue weighted by atomic mass is 32.2. The van der Waals surface area contributed by atoms with Crippen LogP contribution in [0, 0.1) is 17.1 Å². The van der Waals surface area contributed by atoms with Crippen molar-refractivity contribution >= 4 is 21.8 Å². The molecule has 0 spiro atoms. The average Bonchev–Trinajstić information content (AvgIpc) is 3.43. The monoisotopic (exact) mass is 435 g/mol. The molecule has 0 radical (unpaired) electrons. The Morgan fingerprint density at radius 2 is 2.17 bits per heavy atom. The standard InChI is InChI=1S/C19H22FN5O4S/c20-12-3-1-5-15(7-12)30(28,29)25-10-14-8-17(25)19(27)24(14)11-16(22)18(26)23-6-2-4-13(23)9-21/h1,3,5,7,13-14,16-17H,2,4,6,8,10-11,22H2/t13?,14-,16?,17-/m0/s1. The molecule has 0 aromatic heterocycles.